The van der Waals surface area contributed by atoms with Crippen molar-refractivity contribution in [3.63, 3.8) is 0 Å². The van der Waals surface area contributed by atoms with Gasteiger partial charge in [0.25, 0.3) is 0 Å². The van der Waals surface area contributed by atoms with Crippen LogP contribution in [0.4, 0.5) is 0 Å². The number of aromatic nitrogens is 4. The van der Waals surface area contributed by atoms with E-state index in [2.05, 4.69) is 21.5 Å². The highest BCUT2D eigenvalue weighted by Crippen LogP contribution is 2.31. The molecule has 0 saturated heterocycles. The molecule has 0 radical (unpaired) electrons. The molecule has 5 nitrogen and oxygen atoms in total. The Morgan fingerprint density at radius 1 is 1.39 bits per heavy atom. The summed E-state index contributed by atoms with van der Waals surface area (Å²) in [6.45, 7) is 0. The van der Waals surface area contributed by atoms with Crippen LogP contribution in [0.15, 0.2) is 29.6 Å². The molecule has 1 atom stereocenters. The molecule has 2 heterocycles. The molecular formula is C12H12N4OS. The van der Waals surface area contributed by atoms with Crippen LogP contribution in [0, 0.1) is 0 Å². The molecule has 0 fully saturated rings. The van der Waals surface area contributed by atoms with Crippen molar-refractivity contribution in [1.29, 1.82) is 0 Å². The SMILES string of the molecule is Cn1nnc(CC(O)c2csc3ccccc23)n1. The van der Waals surface area contributed by atoms with Crippen molar-refractivity contribution in [1.82, 2.24) is 20.2 Å². The Morgan fingerprint density at radius 2 is 2.22 bits per heavy atom. The number of rotatable bonds is 3. The van der Waals surface area contributed by atoms with Gasteiger partial charge in [0, 0.05) is 11.1 Å². The second-order valence-electron chi connectivity index (χ2n) is 4.10. The van der Waals surface area contributed by atoms with Crippen molar-refractivity contribution < 1.29 is 5.11 Å². The lowest BCUT2D eigenvalue weighted by Gasteiger charge is -2.06. The molecule has 0 spiro atoms. The van der Waals surface area contributed by atoms with E-state index >= 15 is 0 Å². The van der Waals surface area contributed by atoms with Gasteiger partial charge in [0.15, 0.2) is 5.82 Å². The molecule has 1 aromatic carbocycles. The number of nitrogens with zero attached hydrogens (tertiary/aromatic N) is 4. The van der Waals surface area contributed by atoms with Crippen LogP contribution in [0.5, 0.6) is 0 Å². The van der Waals surface area contributed by atoms with Crippen LogP contribution in [0.1, 0.15) is 17.5 Å². The first-order valence-corrected chi connectivity index (χ1v) is 6.49. The van der Waals surface area contributed by atoms with Crippen molar-refractivity contribution in [3.05, 3.63) is 41.0 Å². The summed E-state index contributed by atoms with van der Waals surface area (Å²) >= 11 is 1.64. The highest BCUT2D eigenvalue weighted by molar-refractivity contribution is 7.17. The second kappa shape index (κ2) is 4.47. The number of aryl methyl sites for hydroxylation is 1. The van der Waals surface area contributed by atoms with Crippen LogP contribution in [0.25, 0.3) is 10.1 Å². The molecule has 0 saturated carbocycles. The molecule has 3 aromatic rings. The maximum Gasteiger partial charge on any atom is 0.177 e. The zero-order valence-electron chi connectivity index (χ0n) is 9.82. The highest BCUT2D eigenvalue weighted by Gasteiger charge is 2.15. The maximum atomic E-state index is 10.3. The van der Waals surface area contributed by atoms with Crippen molar-refractivity contribution in [3.8, 4) is 0 Å². The van der Waals surface area contributed by atoms with Gasteiger partial charge in [-0.3, -0.25) is 0 Å². The predicted octanol–water partition coefficient (Wildman–Crippen LogP) is 1.70. The minimum Gasteiger partial charge on any atom is -0.388 e. The highest BCUT2D eigenvalue weighted by atomic mass is 32.1. The summed E-state index contributed by atoms with van der Waals surface area (Å²) in [5, 5.41) is 25.1. The molecular weight excluding hydrogens is 248 g/mol. The van der Waals surface area contributed by atoms with Crippen LogP contribution < -0.4 is 0 Å². The second-order valence-corrected chi connectivity index (χ2v) is 5.01. The third-order valence-corrected chi connectivity index (χ3v) is 3.78. The van der Waals surface area contributed by atoms with Gasteiger partial charge in [0.1, 0.15) is 0 Å². The molecule has 0 aliphatic rings. The van der Waals surface area contributed by atoms with Gasteiger partial charge in [-0.2, -0.15) is 4.80 Å². The monoisotopic (exact) mass is 260 g/mol. The van der Waals surface area contributed by atoms with Crippen molar-refractivity contribution in [2.45, 2.75) is 12.5 Å². The standard InChI is InChI=1S/C12H12N4OS/c1-16-14-12(13-15-16)6-10(17)9-7-18-11-5-3-2-4-8(9)11/h2-5,7,10,17H,6H2,1H3. The topological polar surface area (TPSA) is 63.8 Å². The van der Waals surface area contributed by atoms with E-state index in [1.54, 1.807) is 18.4 Å². The van der Waals surface area contributed by atoms with E-state index in [4.69, 9.17) is 0 Å². The first-order chi connectivity index (χ1) is 8.74. The van der Waals surface area contributed by atoms with E-state index in [1.807, 2.05) is 23.6 Å². The molecule has 2 aromatic heterocycles. The lowest BCUT2D eigenvalue weighted by atomic mass is 10.1. The maximum absolute atomic E-state index is 10.3. The Bertz CT molecular complexity index is 675. The lowest BCUT2D eigenvalue weighted by Crippen LogP contribution is -2.03. The number of aliphatic hydroxyl groups is 1. The lowest BCUT2D eigenvalue weighted by molar-refractivity contribution is 0.177. The zero-order chi connectivity index (χ0) is 12.5. The van der Waals surface area contributed by atoms with E-state index in [1.165, 1.54) is 9.50 Å². The van der Waals surface area contributed by atoms with Gasteiger partial charge >= 0.3 is 0 Å². The van der Waals surface area contributed by atoms with Crippen LogP contribution in [-0.4, -0.2) is 25.3 Å². The Balaban J connectivity index is 1.90. The molecule has 3 rings (SSSR count). The van der Waals surface area contributed by atoms with Crippen LogP contribution in [-0.2, 0) is 13.5 Å². The minimum absolute atomic E-state index is 0.383. The Hall–Kier alpha value is -1.79. The fraction of sp³-hybridized carbons (Fsp3) is 0.250. The third kappa shape index (κ3) is 2.00. The largest absolute Gasteiger partial charge is 0.388 e. The van der Waals surface area contributed by atoms with Gasteiger partial charge in [-0.25, -0.2) is 0 Å². The van der Waals surface area contributed by atoms with Gasteiger partial charge in [-0.15, -0.1) is 21.5 Å². The molecule has 1 unspecified atom stereocenters. The first-order valence-electron chi connectivity index (χ1n) is 5.61. The summed E-state index contributed by atoms with van der Waals surface area (Å²) in [7, 11) is 1.71. The van der Waals surface area contributed by atoms with Gasteiger partial charge < -0.3 is 5.11 Å². The van der Waals surface area contributed by atoms with E-state index in [0.29, 0.717) is 12.2 Å². The molecule has 0 aliphatic carbocycles. The van der Waals surface area contributed by atoms with Gasteiger partial charge in [0.2, 0.25) is 0 Å². The average Bonchev–Trinajstić information content (AvgIpc) is 2.95. The summed E-state index contributed by atoms with van der Waals surface area (Å²) < 4.78 is 1.18. The summed E-state index contributed by atoms with van der Waals surface area (Å²) in [5.41, 5.74) is 0.933. The molecule has 18 heavy (non-hydrogen) atoms. The minimum atomic E-state index is -0.592. The molecule has 0 bridgehead atoms. The Kier molecular flexibility index (Phi) is 2.81. The average molecular weight is 260 g/mol. The summed E-state index contributed by atoms with van der Waals surface area (Å²) in [6.07, 6.45) is -0.209. The molecule has 1 N–H and O–H groups in total. The number of fused-ring (bicyclic) bond motifs is 1. The van der Waals surface area contributed by atoms with E-state index < -0.39 is 6.10 Å². The smallest absolute Gasteiger partial charge is 0.177 e. The van der Waals surface area contributed by atoms with E-state index in [0.717, 1.165) is 10.9 Å². The first kappa shape index (κ1) is 11.3. The van der Waals surface area contributed by atoms with Crippen LogP contribution in [0.3, 0.4) is 0 Å². The number of aliphatic hydroxyl groups excluding tert-OH is 1. The fourth-order valence-electron chi connectivity index (χ4n) is 1.94. The molecule has 6 heteroatoms. The third-order valence-electron chi connectivity index (χ3n) is 2.80. The number of hydrogen-bond acceptors (Lipinski definition) is 5. The zero-order valence-corrected chi connectivity index (χ0v) is 10.6. The summed E-state index contributed by atoms with van der Waals surface area (Å²) in [6, 6.07) is 8.05. The molecule has 0 aliphatic heterocycles. The number of tetrazole rings is 1. The number of benzene rings is 1. The van der Waals surface area contributed by atoms with E-state index in [9.17, 15) is 5.11 Å². The summed E-state index contributed by atoms with van der Waals surface area (Å²) in [4.78, 5) is 1.40. The Labute approximate surface area is 108 Å². The molecule has 92 valence electrons. The fourth-order valence-corrected chi connectivity index (χ4v) is 2.95. The van der Waals surface area contributed by atoms with Gasteiger partial charge in [0.05, 0.1) is 13.2 Å². The summed E-state index contributed by atoms with van der Waals surface area (Å²) in [5.74, 6) is 0.556. The van der Waals surface area contributed by atoms with Crippen molar-refractivity contribution in [2.24, 2.45) is 7.05 Å². The normalized spacial score (nSPS) is 13.0. The molecule has 0 amide bonds. The van der Waals surface area contributed by atoms with Crippen molar-refractivity contribution in [2.75, 3.05) is 0 Å². The van der Waals surface area contributed by atoms with Gasteiger partial charge in [-0.05, 0) is 27.6 Å². The van der Waals surface area contributed by atoms with Gasteiger partial charge in [-0.1, -0.05) is 18.2 Å². The number of hydrogen-bond donors (Lipinski definition) is 1. The van der Waals surface area contributed by atoms with Crippen molar-refractivity contribution >= 4 is 21.4 Å². The number of thiophene rings is 1. The predicted molar refractivity (Wildman–Crippen MR) is 69.3 cm³/mol. The van der Waals surface area contributed by atoms with Crippen LogP contribution in [0.2, 0.25) is 0 Å². The quantitative estimate of drug-likeness (QED) is 0.778. The Morgan fingerprint density at radius 3 is 3.00 bits per heavy atom. The van der Waals surface area contributed by atoms with E-state index in [-0.39, 0.29) is 0 Å². The van der Waals surface area contributed by atoms with Crippen LogP contribution >= 0.6 is 11.3 Å².